The predicted octanol–water partition coefficient (Wildman–Crippen LogP) is 1.65. The van der Waals surface area contributed by atoms with Crippen molar-refractivity contribution in [2.45, 2.75) is 65.0 Å². The summed E-state index contributed by atoms with van der Waals surface area (Å²) in [5.41, 5.74) is 0. The number of hydrogen-bond donors (Lipinski definition) is 1. The lowest BCUT2D eigenvalue weighted by molar-refractivity contribution is -0.126. The molecule has 0 bridgehead atoms. The van der Waals surface area contributed by atoms with Crippen molar-refractivity contribution in [1.29, 1.82) is 5.26 Å². The molecule has 0 aliphatic heterocycles. The summed E-state index contributed by atoms with van der Waals surface area (Å²) in [5.74, 6) is -1.62. The van der Waals surface area contributed by atoms with Crippen molar-refractivity contribution >= 4 is 11.7 Å². The van der Waals surface area contributed by atoms with E-state index in [0.717, 1.165) is 36.7 Å². The second-order valence-corrected chi connectivity index (χ2v) is 6.91. The molecule has 0 radical (unpaired) electrons. The molecule has 1 aromatic rings. The molecule has 1 N–H and O–H groups in total. The third-order valence-electron chi connectivity index (χ3n) is 4.45. The van der Waals surface area contributed by atoms with Gasteiger partial charge in [-0.05, 0) is 25.2 Å². The second-order valence-electron chi connectivity index (χ2n) is 6.91. The van der Waals surface area contributed by atoms with Crippen LogP contribution in [-0.2, 0) is 11.3 Å². The maximum Gasteiger partial charge on any atom is 0.442 e. The van der Waals surface area contributed by atoms with Crippen molar-refractivity contribution in [2.24, 2.45) is 11.8 Å². The Balaban J connectivity index is 2.18. The Bertz CT molecular complexity index is 707. The van der Waals surface area contributed by atoms with Gasteiger partial charge in [-0.25, -0.2) is 9.36 Å². The molecule has 1 amide bonds. The summed E-state index contributed by atoms with van der Waals surface area (Å²) >= 11 is 0. The van der Waals surface area contributed by atoms with E-state index >= 15 is 0 Å². The van der Waals surface area contributed by atoms with E-state index in [9.17, 15) is 14.4 Å². The molecule has 0 saturated heterocycles. The minimum Gasteiger partial charge on any atom is -0.346 e. The Hall–Kier alpha value is -2.43. The van der Waals surface area contributed by atoms with Crippen LogP contribution < -0.4 is 11.1 Å². The Labute approximate surface area is 146 Å². The molecule has 2 rings (SSSR count). The zero-order valence-corrected chi connectivity index (χ0v) is 14.7. The lowest BCUT2D eigenvalue weighted by atomic mass is 9.88. The van der Waals surface area contributed by atoms with E-state index in [-0.39, 0.29) is 30.1 Å². The van der Waals surface area contributed by atoms with E-state index in [1.807, 2.05) is 13.8 Å². The van der Waals surface area contributed by atoms with Crippen molar-refractivity contribution in [3.63, 3.8) is 0 Å². The topological polar surface area (TPSA) is 118 Å². The van der Waals surface area contributed by atoms with Gasteiger partial charge in [0.2, 0.25) is 17.5 Å². The standard InChI is InChI=1S/C17H24N4O4/c1-11(2)10-13(19-16(23)12-6-4-3-5-7-12)14(22)15-20-25-17(24)21(15)9-8-18/h11-13H,3-7,9-10H2,1-2H3,(H,19,23). The van der Waals surface area contributed by atoms with E-state index in [4.69, 9.17) is 5.26 Å². The molecule has 8 nitrogen and oxygen atoms in total. The minimum atomic E-state index is -0.855. The number of rotatable bonds is 7. The molecule has 1 fully saturated rings. The van der Waals surface area contributed by atoms with Crippen LogP contribution in [-0.4, -0.2) is 27.5 Å². The molecular weight excluding hydrogens is 324 g/mol. The second kappa shape index (κ2) is 8.60. The van der Waals surface area contributed by atoms with Gasteiger partial charge in [0.25, 0.3) is 0 Å². The summed E-state index contributed by atoms with van der Waals surface area (Å²) in [5, 5.41) is 15.1. The molecule has 136 valence electrons. The van der Waals surface area contributed by atoms with Gasteiger partial charge in [-0.3, -0.25) is 14.1 Å². The average molecular weight is 348 g/mol. The molecule has 1 aromatic heterocycles. The first-order valence-electron chi connectivity index (χ1n) is 8.72. The predicted molar refractivity (Wildman–Crippen MR) is 88.7 cm³/mol. The largest absolute Gasteiger partial charge is 0.442 e. The van der Waals surface area contributed by atoms with Crippen LogP contribution in [0.5, 0.6) is 0 Å². The smallest absolute Gasteiger partial charge is 0.346 e. The van der Waals surface area contributed by atoms with Gasteiger partial charge < -0.3 is 5.32 Å². The molecule has 1 saturated carbocycles. The van der Waals surface area contributed by atoms with Gasteiger partial charge in [0.15, 0.2) is 0 Å². The highest BCUT2D eigenvalue weighted by Crippen LogP contribution is 2.24. The fourth-order valence-corrected chi connectivity index (χ4v) is 3.17. The van der Waals surface area contributed by atoms with Gasteiger partial charge in [-0.1, -0.05) is 38.3 Å². The van der Waals surface area contributed by atoms with E-state index in [1.54, 1.807) is 6.07 Å². The maximum atomic E-state index is 12.8. The van der Waals surface area contributed by atoms with Crippen molar-refractivity contribution in [3.8, 4) is 6.07 Å². The number of nitrogens with zero attached hydrogens (tertiary/aromatic N) is 3. The zero-order valence-electron chi connectivity index (χ0n) is 14.7. The Morgan fingerprint density at radius 3 is 2.64 bits per heavy atom. The van der Waals surface area contributed by atoms with E-state index in [1.165, 1.54) is 0 Å². The molecule has 1 unspecified atom stereocenters. The number of Topliss-reactive ketones (excluding diaryl/α,β-unsaturated/α-hetero) is 1. The van der Waals surface area contributed by atoms with Crippen LogP contribution >= 0.6 is 0 Å². The Morgan fingerprint density at radius 2 is 2.04 bits per heavy atom. The van der Waals surface area contributed by atoms with Crippen LogP contribution in [0.2, 0.25) is 0 Å². The monoisotopic (exact) mass is 348 g/mol. The van der Waals surface area contributed by atoms with E-state index < -0.39 is 17.6 Å². The molecule has 1 aliphatic rings. The van der Waals surface area contributed by atoms with Gasteiger partial charge in [0.05, 0.1) is 12.1 Å². The summed E-state index contributed by atoms with van der Waals surface area (Å²) in [7, 11) is 0. The molecule has 1 atom stereocenters. The summed E-state index contributed by atoms with van der Waals surface area (Å²) in [4.78, 5) is 36.9. The maximum absolute atomic E-state index is 12.8. The van der Waals surface area contributed by atoms with Crippen LogP contribution in [0.3, 0.4) is 0 Å². The number of carbonyl (C=O) groups is 2. The number of hydrogen-bond acceptors (Lipinski definition) is 6. The first-order chi connectivity index (χ1) is 11.9. The molecule has 0 aromatic carbocycles. The summed E-state index contributed by atoms with van der Waals surface area (Å²) in [6.07, 6.45) is 5.26. The number of aromatic nitrogens is 2. The highest BCUT2D eigenvalue weighted by atomic mass is 16.5. The highest BCUT2D eigenvalue weighted by molar-refractivity contribution is 5.99. The van der Waals surface area contributed by atoms with E-state index in [2.05, 4.69) is 15.0 Å². The van der Waals surface area contributed by atoms with Crippen molar-refractivity contribution < 1.29 is 14.1 Å². The van der Waals surface area contributed by atoms with Gasteiger partial charge in [0.1, 0.15) is 6.54 Å². The van der Waals surface area contributed by atoms with Crippen molar-refractivity contribution in [1.82, 2.24) is 15.0 Å². The number of nitriles is 1. The summed E-state index contributed by atoms with van der Waals surface area (Å²) in [6, 6.07) is 1.01. The molecule has 25 heavy (non-hydrogen) atoms. The molecular formula is C17H24N4O4. The fourth-order valence-electron chi connectivity index (χ4n) is 3.17. The Morgan fingerprint density at radius 1 is 1.36 bits per heavy atom. The van der Waals surface area contributed by atoms with Crippen LogP contribution in [0.4, 0.5) is 0 Å². The fraction of sp³-hybridized carbons (Fsp3) is 0.706. The first kappa shape index (κ1) is 18.9. The number of nitrogens with one attached hydrogen (secondary N) is 1. The normalized spacial score (nSPS) is 16.4. The number of carbonyl (C=O) groups excluding carboxylic acids is 2. The van der Waals surface area contributed by atoms with Crippen LogP contribution in [0, 0.1) is 23.2 Å². The Kier molecular flexibility index (Phi) is 6.51. The first-order valence-corrected chi connectivity index (χ1v) is 8.72. The third-order valence-corrected chi connectivity index (χ3v) is 4.45. The average Bonchev–Trinajstić information content (AvgIpc) is 2.95. The minimum absolute atomic E-state index is 0.0742. The number of ketones is 1. The SMILES string of the molecule is CC(C)CC(NC(=O)C1CCCCC1)C(=O)c1noc(=O)n1CC#N. The molecule has 1 heterocycles. The van der Waals surface area contributed by atoms with Crippen LogP contribution in [0.25, 0.3) is 0 Å². The van der Waals surface area contributed by atoms with Gasteiger partial charge in [-0.2, -0.15) is 5.26 Å². The quantitative estimate of drug-likeness (QED) is 0.749. The lowest BCUT2D eigenvalue weighted by Crippen LogP contribution is -2.45. The van der Waals surface area contributed by atoms with Gasteiger partial charge in [-0.15, -0.1) is 0 Å². The van der Waals surface area contributed by atoms with Crippen molar-refractivity contribution in [2.75, 3.05) is 0 Å². The highest BCUT2D eigenvalue weighted by Gasteiger charge is 2.31. The molecule has 1 aliphatic carbocycles. The van der Waals surface area contributed by atoms with Crippen LogP contribution in [0.1, 0.15) is 63.0 Å². The van der Waals surface area contributed by atoms with E-state index in [0.29, 0.717) is 6.42 Å². The van der Waals surface area contributed by atoms with Gasteiger partial charge >= 0.3 is 5.76 Å². The zero-order chi connectivity index (χ0) is 18.4. The van der Waals surface area contributed by atoms with Gasteiger partial charge in [0, 0.05) is 5.92 Å². The summed E-state index contributed by atoms with van der Waals surface area (Å²) < 4.78 is 5.41. The molecule has 0 spiro atoms. The number of amides is 1. The van der Waals surface area contributed by atoms with Crippen LogP contribution in [0.15, 0.2) is 9.32 Å². The van der Waals surface area contributed by atoms with Crippen molar-refractivity contribution in [3.05, 3.63) is 16.4 Å². The third kappa shape index (κ3) is 4.78. The summed E-state index contributed by atoms with van der Waals surface area (Å²) in [6.45, 7) is 3.56. The molecule has 8 heteroatoms. The lowest BCUT2D eigenvalue weighted by Gasteiger charge is -2.25.